The first-order valence-corrected chi connectivity index (χ1v) is 15.2. The lowest BCUT2D eigenvalue weighted by Crippen LogP contribution is -2.53. The van der Waals surface area contributed by atoms with Crippen LogP contribution in [0.15, 0.2) is 78.9 Å². The second-order valence-electron chi connectivity index (χ2n) is 9.80. The second kappa shape index (κ2) is 13.9. The average molecular weight is 550 g/mol. The number of nitrogens with one attached hydrogen (secondary N) is 1. The first-order valence-electron chi connectivity index (χ1n) is 13.4. The molecule has 0 fully saturated rings. The Bertz CT molecular complexity index is 1340. The van der Waals surface area contributed by atoms with E-state index in [0.717, 1.165) is 45.7 Å². The van der Waals surface area contributed by atoms with Crippen molar-refractivity contribution in [3.8, 4) is 0 Å². The number of amides is 2. The van der Waals surface area contributed by atoms with Crippen molar-refractivity contribution in [1.82, 2.24) is 10.2 Å². The molecule has 7 nitrogen and oxygen atoms in total. The molecule has 1 atom stereocenters. The summed E-state index contributed by atoms with van der Waals surface area (Å²) in [5, 5.41) is 2.95. The maximum absolute atomic E-state index is 14.0. The van der Waals surface area contributed by atoms with Gasteiger partial charge in [-0.2, -0.15) is 0 Å². The monoisotopic (exact) mass is 549 g/mol. The third-order valence-corrected chi connectivity index (χ3v) is 7.71. The molecule has 0 bridgehead atoms. The van der Waals surface area contributed by atoms with Crippen LogP contribution >= 0.6 is 0 Å². The van der Waals surface area contributed by atoms with E-state index in [2.05, 4.69) is 5.32 Å². The average Bonchev–Trinajstić information content (AvgIpc) is 2.92. The van der Waals surface area contributed by atoms with E-state index in [1.807, 2.05) is 87.5 Å². The van der Waals surface area contributed by atoms with Gasteiger partial charge in [0.2, 0.25) is 21.8 Å². The van der Waals surface area contributed by atoms with E-state index in [1.165, 1.54) is 4.90 Å². The summed E-state index contributed by atoms with van der Waals surface area (Å²) in [5.74, 6) is -0.714. The van der Waals surface area contributed by atoms with E-state index in [9.17, 15) is 18.0 Å². The van der Waals surface area contributed by atoms with Gasteiger partial charge in [0.1, 0.15) is 12.6 Å². The summed E-state index contributed by atoms with van der Waals surface area (Å²) in [6.07, 6.45) is 2.97. The minimum Gasteiger partial charge on any atom is -0.354 e. The normalized spacial score (nSPS) is 12.0. The van der Waals surface area contributed by atoms with Gasteiger partial charge in [0, 0.05) is 19.5 Å². The van der Waals surface area contributed by atoms with E-state index in [1.54, 1.807) is 12.1 Å². The zero-order chi connectivity index (χ0) is 28.4. The fourth-order valence-corrected chi connectivity index (χ4v) is 5.29. The minimum atomic E-state index is -3.78. The molecule has 0 spiro atoms. The fraction of sp³-hybridized carbons (Fsp3) is 0.355. The van der Waals surface area contributed by atoms with Gasteiger partial charge in [-0.25, -0.2) is 8.42 Å². The molecule has 208 valence electrons. The highest BCUT2D eigenvalue weighted by Gasteiger charge is 2.32. The number of benzene rings is 3. The number of hydrogen-bond acceptors (Lipinski definition) is 4. The number of anilines is 1. The topological polar surface area (TPSA) is 86.8 Å². The van der Waals surface area contributed by atoms with Gasteiger partial charge < -0.3 is 10.2 Å². The number of sulfonamides is 1. The van der Waals surface area contributed by atoms with E-state index in [4.69, 9.17) is 0 Å². The Balaban J connectivity index is 2.03. The van der Waals surface area contributed by atoms with Gasteiger partial charge >= 0.3 is 0 Å². The fourth-order valence-electron chi connectivity index (χ4n) is 4.44. The lowest BCUT2D eigenvalue weighted by atomic mass is 10.0. The summed E-state index contributed by atoms with van der Waals surface area (Å²) in [5.41, 5.74) is 4.28. The highest BCUT2D eigenvalue weighted by atomic mass is 32.2. The van der Waals surface area contributed by atoms with Gasteiger partial charge in [0.05, 0.1) is 11.9 Å². The van der Waals surface area contributed by atoms with Gasteiger partial charge in [0.25, 0.3) is 0 Å². The summed E-state index contributed by atoms with van der Waals surface area (Å²) in [7, 11) is -3.78. The molecule has 0 unspecified atom stereocenters. The van der Waals surface area contributed by atoms with Gasteiger partial charge in [-0.05, 0) is 48.6 Å². The molecule has 3 aromatic carbocycles. The zero-order valence-corrected chi connectivity index (χ0v) is 24.1. The Morgan fingerprint density at radius 3 is 2.13 bits per heavy atom. The second-order valence-corrected chi connectivity index (χ2v) is 11.7. The SMILES string of the molecule is CCCNC(=O)[C@@H](Cc1ccccc1)N(Cc1cccc(C)c1)C(=O)CN(c1ccc(CC)cc1)S(C)(=O)=O. The van der Waals surface area contributed by atoms with Crippen molar-refractivity contribution in [2.45, 2.75) is 52.6 Å². The van der Waals surface area contributed by atoms with Crippen LogP contribution in [0.5, 0.6) is 0 Å². The standard InChI is InChI=1S/C31H39N3O4S/c1-5-19-32-31(36)29(21-26-12-8-7-9-13-26)33(22-27-14-10-11-24(3)20-27)30(35)23-34(39(4,37)38)28-17-15-25(6-2)16-18-28/h7-18,20,29H,5-6,19,21-23H2,1-4H3,(H,32,36)/t29-/m1/s1. The summed E-state index contributed by atoms with van der Waals surface area (Å²) in [4.78, 5) is 29.1. The Labute approximate surface area is 232 Å². The van der Waals surface area contributed by atoms with E-state index in [-0.39, 0.29) is 12.5 Å². The molecule has 8 heteroatoms. The van der Waals surface area contributed by atoms with Gasteiger partial charge in [-0.1, -0.05) is 86.1 Å². The van der Waals surface area contributed by atoms with Crippen LogP contribution in [0, 0.1) is 6.92 Å². The summed E-state index contributed by atoms with van der Waals surface area (Å²) in [6, 6.07) is 23.6. The molecule has 0 aliphatic heterocycles. The van der Waals surface area contributed by atoms with Crippen molar-refractivity contribution in [3.63, 3.8) is 0 Å². The van der Waals surface area contributed by atoms with Gasteiger partial charge in [0.15, 0.2) is 0 Å². The molecule has 1 N–H and O–H groups in total. The highest BCUT2D eigenvalue weighted by Crippen LogP contribution is 2.21. The molecule has 0 heterocycles. The van der Waals surface area contributed by atoms with Crippen LogP contribution in [-0.2, 0) is 39.0 Å². The molecule has 2 amide bonds. The molecule has 0 aliphatic carbocycles. The van der Waals surface area contributed by atoms with Crippen LogP contribution in [0.4, 0.5) is 5.69 Å². The van der Waals surface area contributed by atoms with Crippen molar-refractivity contribution >= 4 is 27.5 Å². The van der Waals surface area contributed by atoms with Crippen molar-refractivity contribution in [2.24, 2.45) is 0 Å². The van der Waals surface area contributed by atoms with Crippen LogP contribution in [0.1, 0.15) is 42.5 Å². The van der Waals surface area contributed by atoms with E-state index < -0.39 is 28.5 Å². The van der Waals surface area contributed by atoms with Crippen LogP contribution in [0.3, 0.4) is 0 Å². The summed E-state index contributed by atoms with van der Waals surface area (Å²) >= 11 is 0. The molecular weight excluding hydrogens is 510 g/mol. The number of rotatable bonds is 13. The van der Waals surface area contributed by atoms with Gasteiger partial charge in [-0.15, -0.1) is 0 Å². The zero-order valence-electron chi connectivity index (χ0n) is 23.3. The van der Waals surface area contributed by atoms with Crippen molar-refractivity contribution < 1.29 is 18.0 Å². The maximum atomic E-state index is 14.0. The van der Waals surface area contributed by atoms with Crippen LogP contribution in [0.2, 0.25) is 0 Å². The Morgan fingerprint density at radius 1 is 0.872 bits per heavy atom. The first kappa shape index (κ1) is 29.9. The Morgan fingerprint density at radius 2 is 1.54 bits per heavy atom. The highest BCUT2D eigenvalue weighted by molar-refractivity contribution is 7.92. The lowest BCUT2D eigenvalue weighted by Gasteiger charge is -2.33. The molecule has 3 aromatic rings. The molecule has 0 saturated carbocycles. The minimum absolute atomic E-state index is 0.171. The third-order valence-electron chi connectivity index (χ3n) is 6.57. The maximum Gasteiger partial charge on any atom is 0.244 e. The van der Waals surface area contributed by atoms with Crippen LogP contribution < -0.4 is 9.62 Å². The number of carbonyl (C=O) groups excluding carboxylic acids is 2. The summed E-state index contributed by atoms with van der Waals surface area (Å²) < 4.78 is 26.8. The first-order chi connectivity index (χ1) is 18.6. The predicted molar refractivity (Wildman–Crippen MR) is 157 cm³/mol. The quantitative estimate of drug-likeness (QED) is 0.340. The van der Waals surface area contributed by atoms with Crippen molar-refractivity contribution in [3.05, 3.63) is 101 Å². The molecular formula is C31H39N3O4S. The Hall–Kier alpha value is -3.65. The Kier molecular flexibility index (Phi) is 10.7. The third kappa shape index (κ3) is 8.68. The van der Waals surface area contributed by atoms with Crippen LogP contribution in [-0.4, -0.2) is 50.5 Å². The molecule has 0 radical (unpaired) electrons. The number of aryl methyl sites for hydroxylation is 2. The molecule has 39 heavy (non-hydrogen) atoms. The molecule has 0 aromatic heterocycles. The van der Waals surface area contributed by atoms with Crippen molar-refractivity contribution in [2.75, 3.05) is 23.7 Å². The van der Waals surface area contributed by atoms with E-state index >= 15 is 0 Å². The predicted octanol–water partition coefficient (Wildman–Crippen LogP) is 4.49. The smallest absolute Gasteiger partial charge is 0.244 e. The number of hydrogen-bond donors (Lipinski definition) is 1. The molecule has 0 saturated heterocycles. The van der Waals surface area contributed by atoms with E-state index in [0.29, 0.717) is 18.7 Å². The largest absolute Gasteiger partial charge is 0.354 e. The number of carbonyl (C=O) groups is 2. The number of nitrogens with zero attached hydrogens (tertiary/aromatic N) is 2. The molecule has 3 rings (SSSR count). The lowest BCUT2D eigenvalue weighted by molar-refractivity contribution is -0.140. The molecule has 0 aliphatic rings. The van der Waals surface area contributed by atoms with Crippen molar-refractivity contribution in [1.29, 1.82) is 0 Å². The van der Waals surface area contributed by atoms with Gasteiger partial charge in [-0.3, -0.25) is 13.9 Å². The van der Waals surface area contributed by atoms with Crippen LogP contribution in [0.25, 0.3) is 0 Å². The summed E-state index contributed by atoms with van der Waals surface area (Å²) in [6.45, 7) is 6.20.